The van der Waals surface area contributed by atoms with Crippen molar-refractivity contribution in [3.63, 3.8) is 0 Å². The SMILES string of the molecule is C[C@@H]1OC[C@H]2CON(C)[C@H]21. The monoisotopic (exact) mass is 143 g/mol. The molecular weight excluding hydrogens is 130 g/mol. The highest BCUT2D eigenvalue weighted by molar-refractivity contribution is 4.88. The van der Waals surface area contributed by atoms with E-state index in [1.165, 1.54) is 0 Å². The van der Waals surface area contributed by atoms with Gasteiger partial charge in [0.05, 0.1) is 25.4 Å². The highest BCUT2D eigenvalue weighted by Crippen LogP contribution is 2.29. The summed E-state index contributed by atoms with van der Waals surface area (Å²) in [5, 5.41) is 1.93. The lowest BCUT2D eigenvalue weighted by Gasteiger charge is -2.18. The molecule has 3 nitrogen and oxygen atoms in total. The molecule has 0 N–H and O–H groups in total. The van der Waals surface area contributed by atoms with Crippen LogP contribution in [0.4, 0.5) is 0 Å². The normalized spacial score (nSPS) is 48.0. The predicted molar refractivity (Wildman–Crippen MR) is 36.4 cm³/mol. The lowest BCUT2D eigenvalue weighted by atomic mass is 10.0. The fraction of sp³-hybridized carbons (Fsp3) is 1.00. The lowest BCUT2D eigenvalue weighted by Crippen LogP contribution is -2.33. The predicted octanol–water partition coefficient (Wildman–Crippen LogP) is 0.267. The van der Waals surface area contributed by atoms with E-state index in [1.807, 2.05) is 12.1 Å². The Labute approximate surface area is 60.9 Å². The fourth-order valence-corrected chi connectivity index (χ4v) is 1.89. The van der Waals surface area contributed by atoms with E-state index in [1.54, 1.807) is 0 Å². The van der Waals surface area contributed by atoms with E-state index < -0.39 is 0 Å². The molecule has 0 bridgehead atoms. The third-order valence-electron chi connectivity index (χ3n) is 2.45. The van der Waals surface area contributed by atoms with E-state index in [-0.39, 0.29) is 0 Å². The lowest BCUT2D eigenvalue weighted by molar-refractivity contribution is -0.131. The summed E-state index contributed by atoms with van der Waals surface area (Å²) in [4.78, 5) is 5.34. The zero-order valence-corrected chi connectivity index (χ0v) is 6.41. The van der Waals surface area contributed by atoms with Crippen LogP contribution < -0.4 is 0 Å². The van der Waals surface area contributed by atoms with Crippen molar-refractivity contribution in [2.75, 3.05) is 20.3 Å². The van der Waals surface area contributed by atoms with Crippen molar-refractivity contribution in [2.24, 2.45) is 5.92 Å². The molecule has 2 aliphatic heterocycles. The van der Waals surface area contributed by atoms with Crippen molar-refractivity contribution in [3.8, 4) is 0 Å². The second-order valence-electron chi connectivity index (χ2n) is 3.13. The quantitative estimate of drug-likeness (QED) is 0.485. The van der Waals surface area contributed by atoms with Crippen molar-refractivity contribution in [2.45, 2.75) is 19.1 Å². The van der Waals surface area contributed by atoms with Gasteiger partial charge in [0.2, 0.25) is 0 Å². The minimum Gasteiger partial charge on any atom is -0.376 e. The number of fused-ring (bicyclic) bond motifs is 1. The second-order valence-corrected chi connectivity index (χ2v) is 3.13. The summed E-state index contributed by atoms with van der Waals surface area (Å²) in [5.74, 6) is 0.611. The molecule has 0 spiro atoms. The van der Waals surface area contributed by atoms with Crippen LogP contribution in [0.2, 0.25) is 0 Å². The Morgan fingerprint density at radius 2 is 2.20 bits per heavy atom. The van der Waals surface area contributed by atoms with Crippen LogP contribution in [0, 0.1) is 5.92 Å². The second kappa shape index (κ2) is 2.19. The molecule has 3 heteroatoms. The molecule has 0 saturated carbocycles. The number of hydrogen-bond acceptors (Lipinski definition) is 3. The van der Waals surface area contributed by atoms with Crippen molar-refractivity contribution < 1.29 is 9.57 Å². The van der Waals surface area contributed by atoms with Crippen LogP contribution in [0.1, 0.15) is 6.92 Å². The smallest absolute Gasteiger partial charge is 0.0752 e. The van der Waals surface area contributed by atoms with Gasteiger partial charge in [0.1, 0.15) is 0 Å². The first-order chi connectivity index (χ1) is 4.79. The minimum atomic E-state index is 0.345. The van der Waals surface area contributed by atoms with Gasteiger partial charge in [-0.2, -0.15) is 5.06 Å². The molecule has 0 radical (unpaired) electrons. The van der Waals surface area contributed by atoms with Crippen molar-refractivity contribution >= 4 is 0 Å². The van der Waals surface area contributed by atoms with E-state index in [9.17, 15) is 0 Å². The average molecular weight is 143 g/mol. The summed E-state index contributed by atoms with van der Waals surface area (Å²) in [6.45, 7) is 3.82. The molecule has 2 rings (SSSR count). The molecule has 10 heavy (non-hydrogen) atoms. The van der Waals surface area contributed by atoms with Crippen LogP contribution in [0.25, 0.3) is 0 Å². The molecule has 0 aliphatic carbocycles. The molecule has 2 saturated heterocycles. The molecule has 0 unspecified atom stereocenters. The van der Waals surface area contributed by atoms with Gasteiger partial charge in [-0.3, -0.25) is 4.84 Å². The highest BCUT2D eigenvalue weighted by atomic mass is 16.7. The molecule has 0 amide bonds. The zero-order chi connectivity index (χ0) is 7.14. The molecule has 0 aromatic rings. The number of hydrogen-bond donors (Lipinski definition) is 0. The van der Waals surface area contributed by atoms with Gasteiger partial charge < -0.3 is 4.74 Å². The Balaban J connectivity index is 2.11. The summed E-state index contributed by atoms with van der Waals surface area (Å²) in [7, 11) is 1.98. The summed E-state index contributed by atoms with van der Waals surface area (Å²) >= 11 is 0. The van der Waals surface area contributed by atoms with Gasteiger partial charge in [0.25, 0.3) is 0 Å². The third kappa shape index (κ3) is 0.779. The Morgan fingerprint density at radius 1 is 1.40 bits per heavy atom. The van der Waals surface area contributed by atoms with Crippen molar-refractivity contribution in [3.05, 3.63) is 0 Å². The highest BCUT2D eigenvalue weighted by Gasteiger charge is 2.42. The molecule has 0 aromatic carbocycles. The summed E-state index contributed by atoms with van der Waals surface area (Å²) in [5.41, 5.74) is 0. The van der Waals surface area contributed by atoms with Crippen LogP contribution in [-0.2, 0) is 9.57 Å². The van der Waals surface area contributed by atoms with Crippen LogP contribution >= 0.6 is 0 Å². The van der Waals surface area contributed by atoms with E-state index in [0.29, 0.717) is 18.1 Å². The maximum absolute atomic E-state index is 5.47. The number of likely N-dealkylation sites (N-methyl/N-ethyl adjacent to an activating group) is 1. The number of hydroxylamine groups is 2. The maximum atomic E-state index is 5.47. The first-order valence-electron chi connectivity index (χ1n) is 3.76. The molecule has 2 aliphatic rings. The molecule has 2 fully saturated rings. The van der Waals surface area contributed by atoms with E-state index in [4.69, 9.17) is 9.57 Å². The van der Waals surface area contributed by atoms with Gasteiger partial charge in [-0.05, 0) is 6.92 Å². The van der Waals surface area contributed by atoms with Gasteiger partial charge in [-0.25, -0.2) is 0 Å². The van der Waals surface area contributed by atoms with Gasteiger partial charge in [0, 0.05) is 13.0 Å². The topological polar surface area (TPSA) is 21.7 Å². The Morgan fingerprint density at radius 3 is 2.90 bits per heavy atom. The van der Waals surface area contributed by atoms with Crippen molar-refractivity contribution in [1.82, 2.24) is 5.06 Å². The summed E-state index contributed by atoms with van der Waals surface area (Å²) < 4.78 is 5.47. The van der Waals surface area contributed by atoms with E-state index in [2.05, 4.69) is 6.92 Å². The molecule has 2 heterocycles. The first-order valence-corrected chi connectivity index (χ1v) is 3.76. The molecular formula is C7H13NO2. The van der Waals surface area contributed by atoms with Crippen LogP contribution in [0.3, 0.4) is 0 Å². The number of nitrogens with zero attached hydrogens (tertiary/aromatic N) is 1. The standard InChI is InChI=1S/C7H13NO2/c1-5-7-6(3-9-5)4-10-8(7)2/h5-7H,3-4H2,1-2H3/t5-,6-,7-/m0/s1. The molecule has 0 aromatic heterocycles. The van der Waals surface area contributed by atoms with Gasteiger partial charge in [-0.15, -0.1) is 0 Å². The van der Waals surface area contributed by atoms with Crippen LogP contribution in [-0.4, -0.2) is 37.5 Å². The summed E-state index contributed by atoms with van der Waals surface area (Å²) in [6, 6.07) is 0.500. The van der Waals surface area contributed by atoms with E-state index in [0.717, 1.165) is 13.2 Å². The van der Waals surface area contributed by atoms with Crippen LogP contribution in [0.5, 0.6) is 0 Å². The first kappa shape index (κ1) is 6.58. The third-order valence-corrected chi connectivity index (χ3v) is 2.45. The van der Waals surface area contributed by atoms with Gasteiger partial charge in [-0.1, -0.05) is 0 Å². The Bertz CT molecular complexity index is 126. The van der Waals surface area contributed by atoms with E-state index >= 15 is 0 Å². The number of rotatable bonds is 0. The average Bonchev–Trinajstić information content (AvgIpc) is 2.40. The molecule has 58 valence electrons. The molecule has 3 atom stereocenters. The largest absolute Gasteiger partial charge is 0.376 e. The van der Waals surface area contributed by atoms with Crippen molar-refractivity contribution in [1.29, 1.82) is 0 Å². The zero-order valence-electron chi connectivity index (χ0n) is 6.41. The fourth-order valence-electron chi connectivity index (χ4n) is 1.89. The van der Waals surface area contributed by atoms with Crippen LogP contribution in [0.15, 0.2) is 0 Å². The summed E-state index contributed by atoms with van der Waals surface area (Å²) in [6.07, 6.45) is 0.345. The Kier molecular flexibility index (Phi) is 1.44. The van der Waals surface area contributed by atoms with Gasteiger partial charge >= 0.3 is 0 Å². The maximum Gasteiger partial charge on any atom is 0.0752 e. The minimum absolute atomic E-state index is 0.345. The number of ether oxygens (including phenoxy) is 1. The Hall–Kier alpha value is -0.120. The van der Waals surface area contributed by atoms with Gasteiger partial charge in [0.15, 0.2) is 0 Å².